The molecule has 102 valence electrons. The first kappa shape index (κ1) is 14.6. The molecule has 0 spiro atoms. The minimum absolute atomic E-state index is 0.00813. The molecule has 18 heavy (non-hydrogen) atoms. The molecule has 0 amide bonds. The molecule has 6 heteroatoms. The van der Waals surface area contributed by atoms with Crippen molar-refractivity contribution in [2.24, 2.45) is 0 Å². The maximum Gasteiger partial charge on any atom is 0.387 e. The van der Waals surface area contributed by atoms with E-state index in [1.807, 2.05) is 13.8 Å². The van der Waals surface area contributed by atoms with Gasteiger partial charge in [-0.2, -0.15) is 8.78 Å². The molecule has 0 saturated heterocycles. The maximum atomic E-state index is 13.4. The van der Waals surface area contributed by atoms with Crippen LogP contribution in [-0.2, 0) is 4.74 Å². The van der Waals surface area contributed by atoms with Crippen LogP contribution in [0.2, 0.25) is 0 Å². The lowest BCUT2D eigenvalue weighted by atomic mass is 10.2. The quantitative estimate of drug-likeness (QED) is 0.819. The highest BCUT2D eigenvalue weighted by atomic mass is 19.3. The van der Waals surface area contributed by atoms with E-state index in [1.165, 1.54) is 6.07 Å². The van der Waals surface area contributed by atoms with E-state index in [0.717, 1.165) is 12.1 Å². The number of hydrogen-bond acceptors (Lipinski definition) is 3. The second kappa shape index (κ2) is 7.10. The highest BCUT2D eigenvalue weighted by Crippen LogP contribution is 2.23. The highest BCUT2D eigenvalue weighted by Gasteiger charge is 2.11. The summed E-state index contributed by atoms with van der Waals surface area (Å²) in [5.41, 5.74) is 0.487. The topological polar surface area (TPSA) is 30.5 Å². The third-order valence-electron chi connectivity index (χ3n) is 2.13. The molecule has 1 aromatic carbocycles. The SMILES string of the molecule is CCOCC(C)Nc1ccc(OC(F)F)c(F)c1. The maximum absolute atomic E-state index is 13.4. The predicted octanol–water partition coefficient (Wildman–Crippen LogP) is 3.26. The fourth-order valence-electron chi connectivity index (χ4n) is 1.40. The van der Waals surface area contributed by atoms with E-state index in [4.69, 9.17) is 4.74 Å². The summed E-state index contributed by atoms with van der Waals surface area (Å²) in [7, 11) is 0. The van der Waals surface area contributed by atoms with Crippen LogP contribution in [0.15, 0.2) is 18.2 Å². The Morgan fingerprint density at radius 1 is 1.33 bits per heavy atom. The monoisotopic (exact) mass is 263 g/mol. The summed E-state index contributed by atoms with van der Waals surface area (Å²) in [6.07, 6.45) is 0. The van der Waals surface area contributed by atoms with Gasteiger partial charge in [-0.1, -0.05) is 0 Å². The fraction of sp³-hybridized carbons (Fsp3) is 0.500. The summed E-state index contributed by atoms with van der Waals surface area (Å²) in [6.45, 7) is 1.80. The van der Waals surface area contributed by atoms with Gasteiger partial charge in [-0.3, -0.25) is 0 Å². The van der Waals surface area contributed by atoms with Gasteiger partial charge in [0, 0.05) is 24.4 Å². The summed E-state index contributed by atoms with van der Waals surface area (Å²) < 4.78 is 46.4. The minimum atomic E-state index is -3.03. The molecule has 0 aliphatic rings. The summed E-state index contributed by atoms with van der Waals surface area (Å²) >= 11 is 0. The van der Waals surface area contributed by atoms with E-state index < -0.39 is 18.2 Å². The first-order valence-corrected chi connectivity index (χ1v) is 5.61. The second-order valence-corrected chi connectivity index (χ2v) is 3.73. The van der Waals surface area contributed by atoms with Crippen molar-refractivity contribution in [2.45, 2.75) is 26.5 Å². The number of anilines is 1. The number of benzene rings is 1. The van der Waals surface area contributed by atoms with Crippen LogP contribution in [0.4, 0.5) is 18.9 Å². The smallest absolute Gasteiger partial charge is 0.387 e. The van der Waals surface area contributed by atoms with E-state index in [0.29, 0.717) is 18.9 Å². The molecule has 0 aliphatic carbocycles. The Morgan fingerprint density at radius 2 is 2.06 bits per heavy atom. The van der Waals surface area contributed by atoms with Gasteiger partial charge in [0.1, 0.15) is 0 Å². The summed E-state index contributed by atoms with van der Waals surface area (Å²) in [5.74, 6) is -1.29. The molecule has 1 atom stereocenters. The van der Waals surface area contributed by atoms with Crippen molar-refractivity contribution in [1.82, 2.24) is 0 Å². The number of rotatable bonds is 7. The van der Waals surface area contributed by atoms with Crippen molar-refractivity contribution < 1.29 is 22.6 Å². The summed E-state index contributed by atoms with van der Waals surface area (Å²) in [6, 6.07) is 3.74. The van der Waals surface area contributed by atoms with Gasteiger partial charge >= 0.3 is 6.61 Å². The molecule has 0 aromatic heterocycles. The van der Waals surface area contributed by atoms with Gasteiger partial charge in [0.25, 0.3) is 0 Å². The highest BCUT2D eigenvalue weighted by molar-refractivity contribution is 5.47. The summed E-state index contributed by atoms with van der Waals surface area (Å²) in [4.78, 5) is 0. The largest absolute Gasteiger partial charge is 0.432 e. The second-order valence-electron chi connectivity index (χ2n) is 3.73. The number of alkyl halides is 2. The van der Waals surface area contributed by atoms with Crippen LogP contribution in [0.1, 0.15) is 13.8 Å². The molecule has 0 aliphatic heterocycles. The Hall–Kier alpha value is -1.43. The Kier molecular flexibility index (Phi) is 5.77. The van der Waals surface area contributed by atoms with Crippen molar-refractivity contribution in [1.29, 1.82) is 0 Å². The number of nitrogens with one attached hydrogen (secondary N) is 1. The van der Waals surface area contributed by atoms with Gasteiger partial charge in [-0.25, -0.2) is 4.39 Å². The van der Waals surface area contributed by atoms with Gasteiger partial charge in [-0.05, 0) is 26.0 Å². The number of ether oxygens (including phenoxy) is 2. The molecule has 1 N–H and O–H groups in total. The van der Waals surface area contributed by atoms with Gasteiger partial charge in [0.2, 0.25) is 0 Å². The Bertz CT molecular complexity index is 374. The molecule has 0 radical (unpaired) electrons. The van der Waals surface area contributed by atoms with Crippen LogP contribution in [0.25, 0.3) is 0 Å². The Morgan fingerprint density at radius 3 is 2.61 bits per heavy atom. The summed E-state index contributed by atoms with van der Waals surface area (Å²) in [5, 5.41) is 2.99. The third kappa shape index (κ3) is 4.83. The average Bonchev–Trinajstić information content (AvgIpc) is 2.29. The lowest BCUT2D eigenvalue weighted by Crippen LogP contribution is -2.21. The van der Waals surface area contributed by atoms with Gasteiger partial charge in [-0.15, -0.1) is 0 Å². The average molecular weight is 263 g/mol. The van der Waals surface area contributed by atoms with Crippen molar-refractivity contribution in [3.05, 3.63) is 24.0 Å². The molecule has 1 aromatic rings. The van der Waals surface area contributed by atoms with Crippen molar-refractivity contribution in [3.8, 4) is 5.75 Å². The zero-order valence-corrected chi connectivity index (χ0v) is 10.3. The van der Waals surface area contributed by atoms with Crippen molar-refractivity contribution in [2.75, 3.05) is 18.5 Å². The van der Waals surface area contributed by atoms with Gasteiger partial charge in [0.15, 0.2) is 11.6 Å². The molecule has 1 unspecified atom stereocenters. The van der Waals surface area contributed by atoms with Crippen LogP contribution < -0.4 is 10.1 Å². The molecule has 3 nitrogen and oxygen atoms in total. The van der Waals surface area contributed by atoms with E-state index in [-0.39, 0.29) is 6.04 Å². The van der Waals surface area contributed by atoms with Crippen LogP contribution in [0, 0.1) is 5.82 Å². The van der Waals surface area contributed by atoms with Crippen molar-refractivity contribution in [3.63, 3.8) is 0 Å². The molecule has 0 heterocycles. The standard InChI is InChI=1S/C12H16F3NO2/c1-3-17-7-8(2)16-9-4-5-11(10(13)6-9)18-12(14)15/h4-6,8,12,16H,3,7H2,1-2H3. The van der Waals surface area contributed by atoms with Crippen molar-refractivity contribution >= 4 is 5.69 Å². The van der Waals surface area contributed by atoms with E-state index in [1.54, 1.807) is 0 Å². The lowest BCUT2D eigenvalue weighted by Gasteiger charge is -2.15. The van der Waals surface area contributed by atoms with E-state index >= 15 is 0 Å². The minimum Gasteiger partial charge on any atom is -0.432 e. The number of hydrogen-bond donors (Lipinski definition) is 1. The first-order valence-electron chi connectivity index (χ1n) is 5.61. The Balaban J connectivity index is 2.60. The molecule has 0 fully saturated rings. The fourth-order valence-corrected chi connectivity index (χ4v) is 1.40. The van der Waals surface area contributed by atoms with Crippen LogP contribution in [0.5, 0.6) is 5.75 Å². The molecular formula is C12H16F3NO2. The van der Waals surface area contributed by atoms with Crippen LogP contribution in [0.3, 0.4) is 0 Å². The van der Waals surface area contributed by atoms with Crippen LogP contribution >= 0.6 is 0 Å². The predicted molar refractivity (Wildman–Crippen MR) is 62.6 cm³/mol. The number of halogens is 3. The lowest BCUT2D eigenvalue weighted by molar-refractivity contribution is -0.0521. The normalized spacial score (nSPS) is 12.6. The van der Waals surface area contributed by atoms with E-state index in [2.05, 4.69) is 10.1 Å². The zero-order valence-electron chi connectivity index (χ0n) is 10.3. The zero-order chi connectivity index (χ0) is 13.5. The first-order chi connectivity index (χ1) is 8.52. The Labute approximate surface area is 104 Å². The van der Waals surface area contributed by atoms with Gasteiger partial charge < -0.3 is 14.8 Å². The molecular weight excluding hydrogens is 247 g/mol. The molecule has 0 saturated carbocycles. The van der Waals surface area contributed by atoms with E-state index in [9.17, 15) is 13.2 Å². The van der Waals surface area contributed by atoms with Crippen LogP contribution in [-0.4, -0.2) is 25.9 Å². The third-order valence-corrected chi connectivity index (χ3v) is 2.13. The van der Waals surface area contributed by atoms with Gasteiger partial charge in [0.05, 0.1) is 6.61 Å². The molecule has 0 bridgehead atoms. The molecule has 1 rings (SSSR count).